The summed E-state index contributed by atoms with van der Waals surface area (Å²) in [7, 11) is 2.00. The predicted molar refractivity (Wildman–Crippen MR) is 109 cm³/mol. The average molecular weight is 395 g/mol. The van der Waals surface area contributed by atoms with Crippen LogP contribution < -0.4 is 5.56 Å². The quantitative estimate of drug-likeness (QED) is 0.561. The molecule has 1 unspecified atom stereocenters. The van der Waals surface area contributed by atoms with Gasteiger partial charge in [0.15, 0.2) is 0 Å². The number of rotatable bonds is 5. The molecular weight excluding hydrogens is 376 g/mol. The molecule has 0 aliphatic rings. The zero-order valence-electron chi connectivity index (χ0n) is 15.5. The zero-order valence-corrected chi connectivity index (χ0v) is 16.3. The zero-order chi connectivity index (χ0) is 19.7. The predicted octanol–water partition coefficient (Wildman–Crippen LogP) is 3.35. The largest absolute Gasteiger partial charge is 0.309 e. The third-order valence-electron chi connectivity index (χ3n) is 4.84. The summed E-state index contributed by atoms with van der Waals surface area (Å²) >= 11 is 5.97. The Hall–Kier alpha value is -3.03. The molecule has 28 heavy (non-hydrogen) atoms. The maximum atomic E-state index is 12.3. The third-order valence-corrected chi connectivity index (χ3v) is 5.07. The molecule has 4 aromatic rings. The topological polar surface area (TPSA) is 79.7 Å². The van der Waals surface area contributed by atoms with E-state index in [0.717, 1.165) is 11.3 Å². The van der Waals surface area contributed by atoms with Gasteiger partial charge in [0.2, 0.25) is 0 Å². The van der Waals surface area contributed by atoms with Gasteiger partial charge in [-0.15, -0.1) is 0 Å². The van der Waals surface area contributed by atoms with E-state index in [0.29, 0.717) is 28.3 Å². The highest BCUT2D eigenvalue weighted by Crippen LogP contribution is 2.22. The number of halogens is 1. The third kappa shape index (κ3) is 3.67. The van der Waals surface area contributed by atoms with E-state index in [1.54, 1.807) is 29.2 Å². The number of aromatic nitrogens is 5. The van der Waals surface area contributed by atoms with Gasteiger partial charge in [-0.1, -0.05) is 23.7 Å². The van der Waals surface area contributed by atoms with Crippen LogP contribution in [0.2, 0.25) is 5.02 Å². The molecule has 0 spiro atoms. The number of nitrogens with zero attached hydrogens (tertiary/aromatic N) is 5. The standard InChI is InChI=1S/C20H19ClN6O/c1-13(14-3-6-16(7-4-14)27-12-22-11-23-27)26(2)10-19-24-18-8-5-15(21)9-17(18)20(28)25-19/h3-9,11-13H,10H2,1-2H3,(H,24,25,28). The highest BCUT2D eigenvalue weighted by molar-refractivity contribution is 6.31. The highest BCUT2D eigenvalue weighted by Gasteiger charge is 2.14. The molecule has 0 saturated carbocycles. The molecule has 0 amide bonds. The number of H-pyrrole nitrogens is 1. The molecule has 4 rings (SSSR count). The number of hydrogen-bond donors (Lipinski definition) is 1. The molecule has 0 aliphatic heterocycles. The van der Waals surface area contributed by atoms with Gasteiger partial charge >= 0.3 is 0 Å². The minimum atomic E-state index is -0.180. The molecule has 1 atom stereocenters. The van der Waals surface area contributed by atoms with Gasteiger partial charge < -0.3 is 4.98 Å². The van der Waals surface area contributed by atoms with Gasteiger partial charge in [0.1, 0.15) is 18.5 Å². The van der Waals surface area contributed by atoms with Crippen molar-refractivity contribution in [3.63, 3.8) is 0 Å². The lowest BCUT2D eigenvalue weighted by molar-refractivity contribution is 0.247. The van der Waals surface area contributed by atoms with Gasteiger partial charge in [0.25, 0.3) is 5.56 Å². The lowest BCUT2D eigenvalue weighted by atomic mass is 10.1. The second-order valence-electron chi connectivity index (χ2n) is 6.70. The lowest BCUT2D eigenvalue weighted by Gasteiger charge is -2.24. The van der Waals surface area contributed by atoms with Crippen LogP contribution in [0.1, 0.15) is 24.4 Å². The van der Waals surface area contributed by atoms with Crippen molar-refractivity contribution in [2.24, 2.45) is 0 Å². The number of fused-ring (bicyclic) bond motifs is 1. The van der Waals surface area contributed by atoms with E-state index in [9.17, 15) is 4.79 Å². The fourth-order valence-electron chi connectivity index (χ4n) is 3.11. The van der Waals surface area contributed by atoms with Gasteiger partial charge in [-0.2, -0.15) is 5.10 Å². The van der Waals surface area contributed by atoms with E-state index in [1.165, 1.54) is 6.33 Å². The molecule has 0 radical (unpaired) electrons. The van der Waals surface area contributed by atoms with E-state index in [2.05, 4.69) is 44.0 Å². The normalized spacial score (nSPS) is 12.6. The van der Waals surface area contributed by atoms with Gasteiger partial charge in [-0.05, 0) is 49.9 Å². The molecule has 8 heteroatoms. The van der Waals surface area contributed by atoms with Crippen LogP contribution in [0.4, 0.5) is 0 Å². The fourth-order valence-corrected chi connectivity index (χ4v) is 3.28. The monoisotopic (exact) mass is 394 g/mol. The first-order valence-electron chi connectivity index (χ1n) is 8.85. The number of hydrogen-bond acceptors (Lipinski definition) is 5. The molecule has 0 aliphatic carbocycles. The Labute approximate surface area is 166 Å². The molecule has 7 nitrogen and oxygen atoms in total. The van der Waals surface area contributed by atoms with Crippen molar-refractivity contribution in [1.29, 1.82) is 0 Å². The van der Waals surface area contributed by atoms with Crippen LogP contribution in [-0.2, 0) is 6.54 Å². The fraction of sp³-hybridized carbons (Fsp3) is 0.200. The minimum absolute atomic E-state index is 0.135. The molecule has 142 valence electrons. The van der Waals surface area contributed by atoms with Crippen LogP contribution in [0.15, 0.2) is 59.9 Å². The van der Waals surface area contributed by atoms with E-state index in [1.807, 2.05) is 19.2 Å². The first-order valence-corrected chi connectivity index (χ1v) is 9.23. The average Bonchev–Trinajstić information content (AvgIpc) is 3.23. The van der Waals surface area contributed by atoms with Crippen LogP contribution in [0.25, 0.3) is 16.6 Å². The van der Waals surface area contributed by atoms with Gasteiger partial charge in [-0.25, -0.2) is 14.6 Å². The van der Waals surface area contributed by atoms with E-state index in [4.69, 9.17) is 11.6 Å². The molecule has 2 aromatic heterocycles. The number of aromatic amines is 1. The molecule has 0 bridgehead atoms. The van der Waals surface area contributed by atoms with Crippen molar-refractivity contribution in [2.75, 3.05) is 7.05 Å². The molecule has 0 saturated heterocycles. The maximum Gasteiger partial charge on any atom is 0.258 e. The Kier molecular flexibility index (Phi) is 4.93. The SMILES string of the molecule is CC(c1ccc(-n2cncn2)cc1)N(C)Cc1nc2ccc(Cl)cc2c(=O)[nH]1. The minimum Gasteiger partial charge on any atom is -0.309 e. The molecule has 0 fully saturated rings. The molecular formula is C20H19ClN6O. The number of nitrogens with one attached hydrogen (secondary N) is 1. The summed E-state index contributed by atoms with van der Waals surface area (Å²) < 4.78 is 1.72. The number of benzene rings is 2. The summed E-state index contributed by atoms with van der Waals surface area (Å²) in [6.45, 7) is 2.63. The van der Waals surface area contributed by atoms with Gasteiger partial charge in [0.05, 0.1) is 23.1 Å². The van der Waals surface area contributed by atoms with Crippen LogP contribution in [0, 0.1) is 0 Å². The Morgan fingerprint density at radius 1 is 1.21 bits per heavy atom. The second-order valence-corrected chi connectivity index (χ2v) is 7.13. The summed E-state index contributed by atoms with van der Waals surface area (Å²) in [5.41, 5.74) is 2.57. The summed E-state index contributed by atoms with van der Waals surface area (Å²) in [6.07, 6.45) is 3.18. The summed E-state index contributed by atoms with van der Waals surface area (Å²) in [6, 6.07) is 13.4. The smallest absolute Gasteiger partial charge is 0.258 e. The lowest BCUT2D eigenvalue weighted by Crippen LogP contribution is -2.25. The molecule has 2 aromatic carbocycles. The Morgan fingerprint density at radius 3 is 2.71 bits per heavy atom. The molecule has 1 N–H and O–H groups in total. The van der Waals surface area contributed by atoms with Crippen LogP contribution in [0.5, 0.6) is 0 Å². The van der Waals surface area contributed by atoms with Crippen molar-refractivity contribution in [3.8, 4) is 5.69 Å². The Morgan fingerprint density at radius 2 is 2.00 bits per heavy atom. The van der Waals surface area contributed by atoms with Gasteiger partial charge in [-0.3, -0.25) is 9.69 Å². The Bertz CT molecular complexity index is 1150. The van der Waals surface area contributed by atoms with Crippen molar-refractivity contribution in [2.45, 2.75) is 19.5 Å². The van der Waals surface area contributed by atoms with Crippen molar-refractivity contribution < 1.29 is 0 Å². The van der Waals surface area contributed by atoms with Crippen LogP contribution >= 0.6 is 11.6 Å². The van der Waals surface area contributed by atoms with E-state index >= 15 is 0 Å². The van der Waals surface area contributed by atoms with Gasteiger partial charge in [0, 0.05) is 11.1 Å². The van der Waals surface area contributed by atoms with E-state index < -0.39 is 0 Å². The second kappa shape index (κ2) is 7.53. The molecule has 2 heterocycles. The Balaban J connectivity index is 1.53. The summed E-state index contributed by atoms with van der Waals surface area (Å²) in [4.78, 5) is 25.9. The first-order chi connectivity index (χ1) is 13.5. The first kappa shape index (κ1) is 18.3. The van der Waals surface area contributed by atoms with Crippen LogP contribution in [0.3, 0.4) is 0 Å². The van der Waals surface area contributed by atoms with Crippen LogP contribution in [-0.4, -0.2) is 36.7 Å². The van der Waals surface area contributed by atoms with E-state index in [-0.39, 0.29) is 11.6 Å². The summed E-state index contributed by atoms with van der Waals surface area (Å²) in [5.74, 6) is 0.619. The highest BCUT2D eigenvalue weighted by atomic mass is 35.5. The maximum absolute atomic E-state index is 12.3. The van der Waals surface area contributed by atoms with Crippen molar-refractivity contribution >= 4 is 22.5 Å². The summed E-state index contributed by atoms with van der Waals surface area (Å²) in [5, 5.41) is 5.15. The van der Waals surface area contributed by atoms with Crippen molar-refractivity contribution in [1.82, 2.24) is 29.6 Å². The van der Waals surface area contributed by atoms with Crippen molar-refractivity contribution in [3.05, 3.63) is 81.9 Å².